The Balaban J connectivity index is 1.38. The van der Waals surface area contributed by atoms with Gasteiger partial charge in [-0.1, -0.05) is 12.5 Å². The van der Waals surface area contributed by atoms with Gasteiger partial charge in [-0.3, -0.25) is 4.79 Å². The molecule has 4 aliphatic rings. The largest absolute Gasteiger partial charge is 0.493 e. The minimum absolute atomic E-state index is 0.0644. The summed E-state index contributed by atoms with van der Waals surface area (Å²) in [4.78, 5) is 14.1. The van der Waals surface area contributed by atoms with Gasteiger partial charge in [-0.2, -0.15) is 0 Å². The molecule has 5 atom stereocenters. The summed E-state index contributed by atoms with van der Waals surface area (Å²) in [6.45, 7) is 2.89. The Kier molecular flexibility index (Phi) is 5.32. The summed E-state index contributed by atoms with van der Waals surface area (Å²) in [7, 11) is 0. The first-order valence-corrected chi connectivity index (χ1v) is 12.6. The first-order chi connectivity index (χ1) is 16.5. The number of aliphatic carboxylic acids is 1. The van der Waals surface area contributed by atoms with Crippen LogP contribution in [0.25, 0.3) is 0 Å². The molecule has 4 N–H and O–H groups in total. The van der Waals surface area contributed by atoms with Crippen LogP contribution in [0.15, 0.2) is 30.3 Å². The van der Waals surface area contributed by atoms with Crippen molar-refractivity contribution >= 4 is 23.0 Å². The molecule has 34 heavy (non-hydrogen) atoms. The van der Waals surface area contributed by atoms with E-state index < -0.39 is 12.1 Å². The number of aliphatic hydroxyl groups excluding tert-OH is 1. The predicted molar refractivity (Wildman–Crippen MR) is 132 cm³/mol. The van der Waals surface area contributed by atoms with Gasteiger partial charge in [0.2, 0.25) is 0 Å². The van der Waals surface area contributed by atoms with E-state index in [0.717, 1.165) is 72.5 Å². The average molecular weight is 464 g/mol. The average Bonchev–Trinajstić information content (AvgIpc) is 3.47. The lowest BCUT2D eigenvalue weighted by Crippen LogP contribution is -2.49. The number of benzene rings is 2. The number of fused-ring (bicyclic) bond motifs is 4. The van der Waals surface area contributed by atoms with Crippen LogP contribution < -0.4 is 20.3 Å². The molecule has 6 rings (SSSR count). The molecule has 0 saturated heterocycles. The number of hydrogen-bond donors (Lipinski definition) is 4. The zero-order valence-corrected chi connectivity index (χ0v) is 19.6. The summed E-state index contributed by atoms with van der Waals surface area (Å²) in [5.74, 6) is -0.143. The van der Waals surface area contributed by atoms with Gasteiger partial charge in [-0.15, -0.1) is 0 Å². The van der Waals surface area contributed by atoms with Crippen molar-refractivity contribution in [1.82, 2.24) is 0 Å². The van der Waals surface area contributed by atoms with Crippen molar-refractivity contribution < 1.29 is 19.7 Å². The molecule has 1 fully saturated rings. The molecular weight excluding hydrogens is 430 g/mol. The van der Waals surface area contributed by atoms with Gasteiger partial charge in [0.05, 0.1) is 23.9 Å². The Hall–Kier alpha value is -2.93. The summed E-state index contributed by atoms with van der Waals surface area (Å²) < 4.78 is 5.66. The molecule has 0 aromatic heterocycles. The van der Waals surface area contributed by atoms with Crippen molar-refractivity contribution in [2.75, 3.05) is 22.1 Å². The SMILES string of the molecule is CC1CCc2c(ccc3c2NC(C(O)c2ccc4c(c2)CCO4)N3C2CCCC(C(=O)O)C2)N1. The van der Waals surface area contributed by atoms with Crippen molar-refractivity contribution in [2.24, 2.45) is 5.92 Å². The molecule has 0 amide bonds. The zero-order chi connectivity index (χ0) is 23.4. The molecule has 180 valence electrons. The lowest BCUT2D eigenvalue weighted by Gasteiger charge is -2.40. The third-order valence-electron chi connectivity index (χ3n) is 8.13. The molecule has 2 aromatic carbocycles. The maximum atomic E-state index is 11.8. The normalized spacial score (nSPS) is 28.1. The molecular formula is C27H33N3O4. The summed E-state index contributed by atoms with van der Waals surface area (Å²) >= 11 is 0. The first kappa shape index (κ1) is 21.6. The number of rotatable bonds is 4. The Morgan fingerprint density at radius 2 is 2.03 bits per heavy atom. The number of aliphatic hydroxyl groups is 1. The van der Waals surface area contributed by atoms with Gasteiger partial charge < -0.3 is 30.5 Å². The molecule has 5 unspecified atom stereocenters. The van der Waals surface area contributed by atoms with Crippen LogP contribution >= 0.6 is 0 Å². The fourth-order valence-electron chi connectivity index (χ4n) is 6.34. The number of carboxylic acids is 1. The summed E-state index contributed by atoms with van der Waals surface area (Å²) in [6, 6.07) is 10.8. The monoisotopic (exact) mass is 463 g/mol. The van der Waals surface area contributed by atoms with Gasteiger partial charge in [-0.25, -0.2) is 0 Å². The number of nitrogens with zero attached hydrogens (tertiary/aromatic N) is 1. The van der Waals surface area contributed by atoms with E-state index in [2.05, 4.69) is 40.7 Å². The standard InChI is InChI=1S/C27H33N3O4/c1-15-5-7-20-21(28-15)8-9-22-24(20)29-26(30(22)19-4-2-3-18(14-19)27(32)33)25(31)17-6-10-23-16(13-17)11-12-34-23/h6,8-10,13,15,18-19,25-26,28-29,31H,2-5,7,11-12,14H2,1H3,(H,32,33). The minimum atomic E-state index is -0.755. The highest BCUT2D eigenvalue weighted by atomic mass is 16.5. The van der Waals surface area contributed by atoms with E-state index in [9.17, 15) is 15.0 Å². The van der Waals surface area contributed by atoms with Crippen molar-refractivity contribution in [3.05, 3.63) is 47.0 Å². The molecule has 0 bridgehead atoms. The molecule has 1 saturated carbocycles. The summed E-state index contributed by atoms with van der Waals surface area (Å²) in [5.41, 5.74) is 6.59. The van der Waals surface area contributed by atoms with E-state index in [1.165, 1.54) is 5.56 Å². The van der Waals surface area contributed by atoms with Crippen molar-refractivity contribution in [1.29, 1.82) is 0 Å². The third-order valence-corrected chi connectivity index (χ3v) is 8.13. The highest BCUT2D eigenvalue weighted by Gasteiger charge is 2.43. The summed E-state index contributed by atoms with van der Waals surface area (Å²) in [5, 5.41) is 28.7. The van der Waals surface area contributed by atoms with Crippen LogP contribution in [-0.4, -0.2) is 41.0 Å². The van der Waals surface area contributed by atoms with Gasteiger partial charge in [0, 0.05) is 29.8 Å². The maximum absolute atomic E-state index is 11.8. The van der Waals surface area contributed by atoms with Crippen molar-refractivity contribution in [2.45, 2.75) is 76.2 Å². The highest BCUT2D eigenvalue weighted by molar-refractivity contribution is 5.85. The smallest absolute Gasteiger partial charge is 0.306 e. The van der Waals surface area contributed by atoms with Crippen LogP contribution in [0, 0.1) is 5.92 Å². The number of carbonyl (C=O) groups is 1. The van der Waals surface area contributed by atoms with E-state index in [0.29, 0.717) is 19.1 Å². The quantitative estimate of drug-likeness (QED) is 0.537. The number of anilines is 3. The number of ether oxygens (including phenoxy) is 1. The van der Waals surface area contributed by atoms with E-state index in [1.807, 2.05) is 12.1 Å². The fraction of sp³-hybridized carbons (Fsp3) is 0.519. The van der Waals surface area contributed by atoms with Gasteiger partial charge in [0.25, 0.3) is 0 Å². The van der Waals surface area contributed by atoms with Crippen LogP contribution in [0.5, 0.6) is 5.75 Å². The lowest BCUT2D eigenvalue weighted by molar-refractivity contribution is -0.143. The van der Waals surface area contributed by atoms with Crippen LogP contribution in [0.1, 0.15) is 61.8 Å². The molecule has 7 heteroatoms. The molecule has 0 spiro atoms. The van der Waals surface area contributed by atoms with E-state index in [1.54, 1.807) is 0 Å². The molecule has 0 radical (unpaired) electrons. The fourth-order valence-corrected chi connectivity index (χ4v) is 6.34. The maximum Gasteiger partial charge on any atom is 0.306 e. The van der Waals surface area contributed by atoms with Crippen LogP contribution in [-0.2, 0) is 17.6 Å². The predicted octanol–water partition coefficient (Wildman–Crippen LogP) is 4.30. The van der Waals surface area contributed by atoms with Crippen LogP contribution in [0.3, 0.4) is 0 Å². The van der Waals surface area contributed by atoms with E-state index in [4.69, 9.17) is 4.74 Å². The summed E-state index contributed by atoms with van der Waals surface area (Å²) in [6.07, 6.45) is 4.94. The van der Waals surface area contributed by atoms with Gasteiger partial charge in [-0.05, 0) is 74.4 Å². The Labute approximate surface area is 200 Å². The molecule has 2 aromatic rings. The highest BCUT2D eigenvalue weighted by Crippen LogP contribution is 2.48. The van der Waals surface area contributed by atoms with Crippen molar-refractivity contribution in [3.8, 4) is 5.75 Å². The Morgan fingerprint density at radius 1 is 1.15 bits per heavy atom. The number of carboxylic acid groups (broad SMARTS) is 1. The van der Waals surface area contributed by atoms with E-state index in [-0.39, 0.29) is 18.1 Å². The van der Waals surface area contributed by atoms with Gasteiger partial charge in [0.1, 0.15) is 18.0 Å². The minimum Gasteiger partial charge on any atom is -0.493 e. The second kappa shape index (κ2) is 8.38. The Morgan fingerprint density at radius 3 is 2.88 bits per heavy atom. The molecule has 7 nitrogen and oxygen atoms in total. The molecule has 3 heterocycles. The third kappa shape index (κ3) is 3.57. The molecule has 1 aliphatic carbocycles. The second-order valence-electron chi connectivity index (χ2n) is 10.3. The Bertz CT molecular complexity index is 1120. The van der Waals surface area contributed by atoms with Crippen LogP contribution in [0.2, 0.25) is 0 Å². The topological polar surface area (TPSA) is 94.1 Å². The number of hydrogen-bond acceptors (Lipinski definition) is 6. The number of nitrogens with one attached hydrogen (secondary N) is 2. The van der Waals surface area contributed by atoms with Gasteiger partial charge in [0.15, 0.2) is 0 Å². The molecule has 3 aliphatic heterocycles. The lowest BCUT2D eigenvalue weighted by atomic mass is 9.84. The second-order valence-corrected chi connectivity index (χ2v) is 10.3. The first-order valence-electron chi connectivity index (χ1n) is 12.6. The van der Waals surface area contributed by atoms with Gasteiger partial charge >= 0.3 is 5.97 Å². The van der Waals surface area contributed by atoms with E-state index >= 15 is 0 Å². The van der Waals surface area contributed by atoms with Crippen molar-refractivity contribution in [3.63, 3.8) is 0 Å². The van der Waals surface area contributed by atoms with Crippen LogP contribution in [0.4, 0.5) is 17.1 Å². The zero-order valence-electron chi connectivity index (χ0n) is 19.6.